The van der Waals surface area contributed by atoms with E-state index in [0.29, 0.717) is 10.8 Å². The second kappa shape index (κ2) is 5.82. The third kappa shape index (κ3) is 3.19. The zero-order valence-electron chi connectivity index (χ0n) is 10.1. The largest absolute Gasteiger partial charge is 0.351 e. The van der Waals surface area contributed by atoms with Crippen molar-refractivity contribution in [3.8, 4) is 0 Å². The number of hydrogen-bond donors (Lipinski definition) is 2. The Morgan fingerprint density at radius 2 is 2.35 bits per heavy atom. The van der Waals surface area contributed by atoms with E-state index in [2.05, 4.69) is 15.5 Å². The number of rotatable bonds is 3. The lowest BCUT2D eigenvalue weighted by Crippen LogP contribution is -2.33. The molecule has 4 nitrogen and oxygen atoms in total. The Bertz CT molecular complexity index is 380. The van der Waals surface area contributed by atoms with Crippen LogP contribution in [0.4, 0.5) is 0 Å². The van der Waals surface area contributed by atoms with E-state index >= 15 is 0 Å². The Hall–Kier alpha value is -0.620. The number of carbonyl (C=O) groups excluding carboxylic acids is 1. The number of hydrogen-bond acceptors (Lipinski definition) is 4. The summed E-state index contributed by atoms with van der Waals surface area (Å²) >= 11 is 3.92. The number of aromatic nitrogens is 2. The van der Waals surface area contributed by atoms with Crippen LogP contribution in [0.25, 0.3) is 0 Å². The first-order valence-corrected chi connectivity index (χ1v) is 7.88. The minimum atomic E-state index is -0.00933. The molecule has 1 aliphatic heterocycles. The van der Waals surface area contributed by atoms with Crippen molar-refractivity contribution in [1.82, 2.24) is 15.5 Å². The summed E-state index contributed by atoms with van der Waals surface area (Å²) in [4.78, 5) is 12.0. The molecule has 0 spiro atoms. The first-order valence-electron chi connectivity index (χ1n) is 5.67. The normalized spacial score (nSPS) is 20.2. The maximum Gasteiger partial charge on any atom is 0.255 e. The Balaban J connectivity index is 1.89. The van der Waals surface area contributed by atoms with Crippen LogP contribution in [-0.2, 0) is 0 Å². The monoisotopic (exact) mass is 271 g/mol. The predicted octanol–water partition coefficient (Wildman–Crippen LogP) is 1.60. The van der Waals surface area contributed by atoms with E-state index in [1.54, 1.807) is 0 Å². The molecule has 1 amide bonds. The van der Waals surface area contributed by atoms with Gasteiger partial charge >= 0.3 is 0 Å². The lowest BCUT2D eigenvalue weighted by atomic mass is 10.2. The fraction of sp³-hybridized carbons (Fsp3) is 0.636. The molecule has 0 radical (unpaired) electrons. The van der Waals surface area contributed by atoms with Crippen LogP contribution >= 0.6 is 23.5 Å². The van der Waals surface area contributed by atoms with Gasteiger partial charge in [0, 0.05) is 34.7 Å². The van der Waals surface area contributed by atoms with Crippen molar-refractivity contribution in [3.63, 3.8) is 0 Å². The number of nitrogens with one attached hydrogen (secondary N) is 2. The molecule has 1 unspecified atom stereocenters. The SMILES string of the molecule is Cc1n[nH]c(C)c1C(=O)NCC1CSCCS1. The van der Waals surface area contributed by atoms with Crippen LogP contribution in [0.1, 0.15) is 21.7 Å². The van der Waals surface area contributed by atoms with Crippen molar-refractivity contribution >= 4 is 29.4 Å². The number of amides is 1. The van der Waals surface area contributed by atoms with Crippen LogP contribution in [0, 0.1) is 13.8 Å². The number of carbonyl (C=O) groups is 1. The molecule has 1 atom stereocenters. The average Bonchev–Trinajstić information content (AvgIpc) is 2.67. The summed E-state index contributed by atoms with van der Waals surface area (Å²) < 4.78 is 0. The number of thioether (sulfide) groups is 2. The van der Waals surface area contributed by atoms with Crippen molar-refractivity contribution in [3.05, 3.63) is 17.0 Å². The Labute approximate surface area is 110 Å². The van der Waals surface area contributed by atoms with Crippen LogP contribution in [0.5, 0.6) is 0 Å². The van der Waals surface area contributed by atoms with Crippen molar-refractivity contribution in [2.24, 2.45) is 0 Å². The third-order valence-corrected chi connectivity index (χ3v) is 5.58. The first-order chi connectivity index (χ1) is 8.18. The van der Waals surface area contributed by atoms with Crippen molar-refractivity contribution < 1.29 is 4.79 Å². The smallest absolute Gasteiger partial charge is 0.255 e. The van der Waals surface area contributed by atoms with Gasteiger partial charge in [-0.15, -0.1) is 0 Å². The van der Waals surface area contributed by atoms with Crippen LogP contribution in [0.15, 0.2) is 0 Å². The highest BCUT2D eigenvalue weighted by atomic mass is 32.2. The molecular weight excluding hydrogens is 254 g/mol. The molecule has 94 valence electrons. The average molecular weight is 271 g/mol. The molecule has 2 heterocycles. The van der Waals surface area contributed by atoms with Gasteiger partial charge in [-0.25, -0.2) is 0 Å². The van der Waals surface area contributed by atoms with E-state index < -0.39 is 0 Å². The second-order valence-corrected chi connectivity index (χ2v) is 6.64. The molecule has 1 aliphatic rings. The van der Waals surface area contributed by atoms with Gasteiger partial charge < -0.3 is 5.32 Å². The van der Waals surface area contributed by atoms with E-state index in [4.69, 9.17) is 0 Å². The highest BCUT2D eigenvalue weighted by Gasteiger charge is 2.18. The maximum atomic E-state index is 12.0. The summed E-state index contributed by atoms with van der Waals surface area (Å²) in [5.74, 6) is 3.54. The summed E-state index contributed by atoms with van der Waals surface area (Å²) in [5.41, 5.74) is 2.30. The van der Waals surface area contributed by atoms with Gasteiger partial charge in [0.2, 0.25) is 0 Å². The molecule has 0 saturated carbocycles. The molecule has 1 aromatic heterocycles. The van der Waals surface area contributed by atoms with E-state index in [1.807, 2.05) is 37.4 Å². The molecular formula is C11H17N3OS2. The maximum absolute atomic E-state index is 12.0. The van der Waals surface area contributed by atoms with Crippen molar-refractivity contribution in [1.29, 1.82) is 0 Å². The van der Waals surface area contributed by atoms with Crippen LogP contribution < -0.4 is 5.32 Å². The molecule has 1 saturated heterocycles. The topological polar surface area (TPSA) is 57.8 Å². The minimum Gasteiger partial charge on any atom is -0.351 e. The van der Waals surface area contributed by atoms with E-state index in [9.17, 15) is 4.79 Å². The van der Waals surface area contributed by atoms with Crippen LogP contribution in [0.2, 0.25) is 0 Å². The Kier molecular flexibility index (Phi) is 4.39. The Morgan fingerprint density at radius 3 is 2.94 bits per heavy atom. The molecule has 1 fully saturated rings. The van der Waals surface area contributed by atoms with E-state index in [1.165, 1.54) is 11.5 Å². The highest BCUT2D eigenvalue weighted by molar-refractivity contribution is 8.06. The number of aryl methyl sites for hydroxylation is 2. The van der Waals surface area contributed by atoms with Gasteiger partial charge in [0.05, 0.1) is 11.3 Å². The molecule has 2 rings (SSSR count). The van der Waals surface area contributed by atoms with E-state index in [-0.39, 0.29) is 5.91 Å². The molecule has 0 aromatic carbocycles. The first kappa shape index (κ1) is 12.8. The molecule has 17 heavy (non-hydrogen) atoms. The summed E-state index contributed by atoms with van der Waals surface area (Å²) in [6, 6.07) is 0. The lowest BCUT2D eigenvalue weighted by molar-refractivity contribution is 0.0953. The number of aromatic amines is 1. The predicted molar refractivity (Wildman–Crippen MR) is 74.0 cm³/mol. The quantitative estimate of drug-likeness (QED) is 0.877. The summed E-state index contributed by atoms with van der Waals surface area (Å²) in [7, 11) is 0. The van der Waals surface area contributed by atoms with Crippen LogP contribution in [0.3, 0.4) is 0 Å². The molecule has 1 aromatic rings. The second-order valence-electron chi connectivity index (χ2n) is 4.09. The van der Waals surface area contributed by atoms with Crippen molar-refractivity contribution in [2.45, 2.75) is 19.1 Å². The number of H-pyrrole nitrogens is 1. The van der Waals surface area contributed by atoms with Gasteiger partial charge in [0.15, 0.2) is 0 Å². The van der Waals surface area contributed by atoms with Gasteiger partial charge in [-0.3, -0.25) is 9.89 Å². The highest BCUT2D eigenvalue weighted by Crippen LogP contribution is 2.23. The third-order valence-electron chi connectivity index (χ3n) is 2.73. The van der Waals surface area contributed by atoms with Gasteiger partial charge in [0.25, 0.3) is 5.91 Å². The Morgan fingerprint density at radius 1 is 1.53 bits per heavy atom. The summed E-state index contributed by atoms with van der Waals surface area (Å²) in [6.45, 7) is 4.48. The number of nitrogens with zero attached hydrogens (tertiary/aromatic N) is 1. The van der Waals surface area contributed by atoms with Gasteiger partial charge in [-0.2, -0.15) is 28.6 Å². The van der Waals surface area contributed by atoms with Crippen LogP contribution in [-0.4, -0.2) is 45.2 Å². The zero-order chi connectivity index (χ0) is 12.3. The van der Waals surface area contributed by atoms with Crippen molar-refractivity contribution in [2.75, 3.05) is 23.8 Å². The summed E-state index contributed by atoms with van der Waals surface area (Å²) in [5, 5.41) is 10.4. The van der Waals surface area contributed by atoms with Gasteiger partial charge in [0.1, 0.15) is 0 Å². The van der Waals surface area contributed by atoms with Gasteiger partial charge in [-0.1, -0.05) is 0 Å². The van der Waals surface area contributed by atoms with Gasteiger partial charge in [-0.05, 0) is 13.8 Å². The molecule has 0 aliphatic carbocycles. The fourth-order valence-corrected chi connectivity index (χ4v) is 4.45. The zero-order valence-corrected chi connectivity index (χ0v) is 11.7. The standard InChI is InChI=1S/C11H17N3OS2/c1-7-10(8(2)14-13-7)11(15)12-5-9-6-16-3-4-17-9/h9H,3-6H2,1-2H3,(H,12,15)(H,13,14). The molecule has 0 bridgehead atoms. The molecule has 6 heteroatoms. The van der Waals surface area contributed by atoms with E-state index in [0.717, 1.165) is 23.7 Å². The summed E-state index contributed by atoms with van der Waals surface area (Å²) in [6.07, 6.45) is 0. The fourth-order valence-electron chi connectivity index (χ4n) is 1.83. The molecule has 2 N–H and O–H groups in total. The minimum absolute atomic E-state index is 0.00933. The lowest BCUT2D eigenvalue weighted by Gasteiger charge is -2.21.